The number of aromatic nitrogens is 3. The molecule has 0 radical (unpaired) electrons. The van der Waals surface area contributed by atoms with E-state index in [1.54, 1.807) is 6.07 Å². The monoisotopic (exact) mass is 455 g/mol. The molecule has 33 heavy (non-hydrogen) atoms. The number of anilines is 2. The Morgan fingerprint density at radius 2 is 2.03 bits per heavy atom. The highest BCUT2D eigenvalue weighted by molar-refractivity contribution is 5.92. The van der Waals surface area contributed by atoms with Crippen LogP contribution in [-0.2, 0) is 10.7 Å². The Labute approximate surface area is 193 Å². The van der Waals surface area contributed by atoms with Crippen LogP contribution in [0.4, 0.5) is 20.3 Å². The molecule has 3 heterocycles. The summed E-state index contributed by atoms with van der Waals surface area (Å²) in [5.74, 6) is -1.31. The Balaban J connectivity index is 1.62. The lowest BCUT2D eigenvalue weighted by Gasteiger charge is -2.25. The molecule has 3 atom stereocenters. The third-order valence-electron chi connectivity index (χ3n) is 6.48. The van der Waals surface area contributed by atoms with Crippen molar-refractivity contribution in [1.82, 2.24) is 15.2 Å². The number of rotatable bonds is 7. The molecule has 1 aliphatic heterocycles. The first-order valence-electron chi connectivity index (χ1n) is 11.3. The fourth-order valence-electron chi connectivity index (χ4n) is 4.23. The zero-order valence-electron chi connectivity index (χ0n) is 19.8. The highest BCUT2D eigenvalue weighted by Gasteiger charge is 2.26. The molecule has 1 aromatic carbocycles. The molecule has 1 fully saturated rings. The number of nitrogens with one attached hydrogen (secondary N) is 1. The van der Waals surface area contributed by atoms with Crippen molar-refractivity contribution >= 4 is 22.4 Å². The molecule has 0 spiro atoms. The SMILES string of the molecule is Cc1nnc(N[C@H](C)c2cccc(C(C)(F)F)c2)c2cc(N(C)C[C@@H]3COC[C@@H]3C)cnc12. The lowest BCUT2D eigenvalue weighted by atomic mass is 9.97. The predicted octanol–water partition coefficient (Wildman–Crippen LogP) is 5.34. The minimum Gasteiger partial charge on any atom is -0.381 e. The molecule has 3 aromatic rings. The standard InChI is InChI=1S/C25H31F2N5O/c1-15-13-33-14-19(15)12-32(5)21-10-22-23(28-11-21)17(3)30-31-24(22)29-16(2)18-7-6-8-20(9-18)25(4,26)27/h6-11,15-16,19H,12-14H2,1-5H3,(H,29,31)/t15-,16+,19+/m0/s1. The molecule has 6 nitrogen and oxygen atoms in total. The fraction of sp³-hybridized carbons (Fsp3) is 0.480. The van der Waals surface area contributed by atoms with Gasteiger partial charge in [-0.05, 0) is 37.5 Å². The minimum absolute atomic E-state index is 0.0100. The first-order valence-corrected chi connectivity index (χ1v) is 11.3. The fourth-order valence-corrected chi connectivity index (χ4v) is 4.23. The first-order chi connectivity index (χ1) is 15.6. The van der Waals surface area contributed by atoms with E-state index < -0.39 is 5.92 Å². The number of fused-ring (bicyclic) bond motifs is 1. The average molecular weight is 456 g/mol. The molecule has 0 aliphatic carbocycles. The van der Waals surface area contributed by atoms with E-state index >= 15 is 0 Å². The lowest BCUT2D eigenvalue weighted by Crippen LogP contribution is -2.28. The van der Waals surface area contributed by atoms with Crippen LogP contribution in [0.3, 0.4) is 0 Å². The predicted molar refractivity (Wildman–Crippen MR) is 127 cm³/mol. The zero-order chi connectivity index (χ0) is 23.8. The van der Waals surface area contributed by atoms with E-state index in [0.29, 0.717) is 17.7 Å². The summed E-state index contributed by atoms with van der Waals surface area (Å²) in [4.78, 5) is 6.86. The smallest absolute Gasteiger partial charge is 0.270 e. The molecule has 0 saturated carbocycles. The number of ether oxygens (including phenoxy) is 1. The molecule has 0 amide bonds. The van der Waals surface area contributed by atoms with Gasteiger partial charge in [0.05, 0.1) is 35.7 Å². The van der Waals surface area contributed by atoms with Gasteiger partial charge in [0, 0.05) is 44.0 Å². The van der Waals surface area contributed by atoms with Crippen LogP contribution in [0.5, 0.6) is 0 Å². The quantitative estimate of drug-likeness (QED) is 0.519. The normalized spacial score (nSPS) is 19.6. The molecule has 2 aromatic heterocycles. The largest absolute Gasteiger partial charge is 0.381 e. The molecule has 176 valence electrons. The third kappa shape index (κ3) is 5.05. The van der Waals surface area contributed by atoms with Crippen LogP contribution in [0, 0.1) is 18.8 Å². The molecule has 1 N–H and O–H groups in total. The van der Waals surface area contributed by atoms with Crippen molar-refractivity contribution in [2.24, 2.45) is 11.8 Å². The Morgan fingerprint density at radius 1 is 1.24 bits per heavy atom. The molecular formula is C25H31F2N5O. The van der Waals surface area contributed by atoms with Crippen molar-refractivity contribution < 1.29 is 13.5 Å². The van der Waals surface area contributed by atoms with Crippen LogP contribution in [0.25, 0.3) is 10.9 Å². The van der Waals surface area contributed by atoms with Gasteiger partial charge in [-0.3, -0.25) is 4.98 Å². The molecule has 1 saturated heterocycles. The zero-order valence-corrected chi connectivity index (χ0v) is 19.8. The summed E-state index contributed by atoms with van der Waals surface area (Å²) >= 11 is 0. The van der Waals surface area contributed by atoms with Crippen LogP contribution < -0.4 is 10.2 Å². The molecule has 8 heteroatoms. The summed E-state index contributed by atoms with van der Waals surface area (Å²) in [5.41, 5.74) is 3.23. The second-order valence-corrected chi connectivity index (χ2v) is 9.26. The maximum atomic E-state index is 13.8. The van der Waals surface area contributed by atoms with Gasteiger partial charge in [0.15, 0.2) is 5.82 Å². The number of halogens is 2. The number of aryl methyl sites for hydroxylation is 1. The molecule has 1 aliphatic rings. The van der Waals surface area contributed by atoms with Crippen molar-refractivity contribution in [3.63, 3.8) is 0 Å². The molecule has 0 unspecified atom stereocenters. The summed E-state index contributed by atoms with van der Waals surface area (Å²) in [6.07, 6.45) is 1.86. The van der Waals surface area contributed by atoms with Crippen LogP contribution >= 0.6 is 0 Å². The van der Waals surface area contributed by atoms with Gasteiger partial charge in [-0.1, -0.05) is 25.1 Å². The Morgan fingerprint density at radius 3 is 2.73 bits per heavy atom. The second kappa shape index (κ2) is 9.17. The van der Waals surface area contributed by atoms with E-state index in [-0.39, 0.29) is 11.6 Å². The number of hydrogen-bond acceptors (Lipinski definition) is 6. The summed E-state index contributed by atoms with van der Waals surface area (Å²) in [6, 6.07) is 8.28. The third-order valence-corrected chi connectivity index (χ3v) is 6.48. The van der Waals surface area contributed by atoms with Gasteiger partial charge in [0.1, 0.15) is 0 Å². The van der Waals surface area contributed by atoms with Crippen LogP contribution in [-0.4, -0.2) is 42.0 Å². The van der Waals surface area contributed by atoms with E-state index in [1.807, 2.05) is 26.1 Å². The van der Waals surface area contributed by atoms with Gasteiger partial charge < -0.3 is 15.0 Å². The van der Waals surface area contributed by atoms with Crippen molar-refractivity contribution in [3.05, 3.63) is 53.3 Å². The van der Waals surface area contributed by atoms with Gasteiger partial charge in [0.2, 0.25) is 0 Å². The highest BCUT2D eigenvalue weighted by atomic mass is 19.3. The number of benzene rings is 1. The average Bonchev–Trinajstić information content (AvgIpc) is 3.19. The van der Waals surface area contributed by atoms with Gasteiger partial charge in [0.25, 0.3) is 5.92 Å². The number of nitrogens with zero attached hydrogens (tertiary/aromatic N) is 4. The van der Waals surface area contributed by atoms with E-state index in [2.05, 4.69) is 45.4 Å². The Hall–Kier alpha value is -2.87. The Bertz CT molecular complexity index is 1130. The maximum Gasteiger partial charge on any atom is 0.270 e. The molecular weight excluding hydrogens is 424 g/mol. The minimum atomic E-state index is -2.89. The van der Waals surface area contributed by atoms with Gasteiger partial charge in [-0.2, -0.15) is 5.10 Å². The van der Waals surface area contributed by atoms with E-state index in [0.717, 1.165) is 54.5 Å². The maximum absolute atomic E-state index is 13.8. The van der Waals surface area contributed by atoms with Crippen molar-refractivity contribution in [2.45, 2.75) is 39.7 Å². The van der Waals surface area contributed by atoms with E-state index in [9.17, 15) is 8.78 Å². The lowest BCUT2D eigenvalue weighted by molar-refractivity contribution is 0.0174. The highest BCUT2D eigenvalue weighted by Crippen LogP contribution is 2.32. The topological polar surface area (TPSA) is 63.2 Å². The molecule has 0 bridgehead atoms. The van der Waals surface area contributed by atoms with Crippen molar-refractivity contribution in [2.75, 3.05) is 37.0 Å². The molecule has 4 rings (SSSR count). The van der Waals surface area contributed by atoms with Gasteiger partial charge in [-0.25, -0.2) is 8.78 Å². The Kier molecular flexibility index (Phi) is 6.47. The summed E-state index contributed by atoms with van der Waals surface area (Å²) in [5, 5.41) is 12.8. The summed E-state index contributed by atoms with van der Waals surface area (Å²) < 4.78 is 33.2. The van der Waals surface area contributed by atoms with E-state index in [1.165, 1.54) is 12.1 Å². The van der Waals surface area contributed by atoms with Gasteiger partial charge >= 0.3 is 0 Å². The van der Waals surface area contributed by atoms with Crippen molar-refractivity contribution in [1.29, 1.82) is 0 Å². The van der Waals surface area contributed by atoms with Crippen LogP contribution in [0.1, 0.15) is 43.6 Å². The van der Waals surface area contributed by atoms with E-state index in [4.69, 9.17) is 4.74 Å². The van der Waals surface area contributed by atoms with Crippen LogP contribution in [0.15, 0.2) is 36.5 Å². The van der Waals surface area contributed by atoms with Crippen molar-refractivity contribution in [3.8, 4) is 0 Å². The van der Waals surface area contributed by atoms with Crippen LogP contribution in [0.2, 0.25) is 0 Å². The summed E-state index contributed by atoms with van der Waals surface area (Å²) in [7, 11) is 2.06. The first kappa shape index (κ1) is 23.3. The number of pyridine rings is 1. The summed E-state index contributed by atoms with van der Waals surface area (Å²) in [6.45, 7) is 9.39. The van der Waals surface area contributed by atoms with Gasteiger partial charge in [-0.15, -0.1) is 5.10 Å². The second-order valence-electron chi connectivity index (χ2n) is 9.26. The number of hydrogen-bond donors (Lipinski definition) is 1. The number of alkyl halides is 2.